The van der Waals surface area contributed by atoms with Crippen molar-refractivity contribution in [3.63, 3.8) is 0 Å². The van der Waals surface area contributed by atoms with Crippen LogP contribution in [0.4, 0.5) is 10.5 Å². The number of benzene rings is 1. The highest BCUT2D eigenvalue weighted by molar-refractivity contribution is 7.80. The fraction of sp³-hybridized carbons (Fsp3) is 0.273. The van der Waals surface area contributed by atoms with Crippen molar-refractivity contribution in [1.29, 1.82) is 0 Å². The van der Waals surface area contributed by atoms with Gasteiger partial charge in [0.15, 0.2) is 0 Å². The van der Waals surface area contributed by atoms with Crippen molar-refractivity contribution in [1.82, 2.24) is 5.32 Å². The molecule has 0 radical (unpaired) electrons. The first-order valence-corrected chi connectivity index (χ1v) is 5.74. The Hall–Kier alpha value is -1.33. The fourth-order valence-corrected chi connectivity index (χ4v) is 1.32. The Balaban J connectivity index is 2.65. The predicted molar refractivity (Wildman–Crippen MR) is 74.5 cm³/mol. The standard InChI is InChI=1S/C11H14ClN3OS/c1-11(2,9(13)17)15-10(16)14-8-5-3-4-7(12)6-8/h3-6H,1-2H3,(H2,13,17)(H2,14,15,16). The second-order valence-electron chi connectivity index (χ2n) is 4.08. The minimum atomic E-state index is -0.738. The summed E-state index contributed by atoms with van der Waals surface area (Å²) >= 11 is 10.6. The molecule has 4 nitrogen and oxygen atoms in total. The summed E-state index contributed by atoms with van der Waals surface area (Å²) < 4.78 is 0. The van der Waals surface area contributed by atoms with E-state index < -0.39 is 5.54 Å². The summed E-state index contributed by atoms with van der Waals surface area (Å²) in [7, 11) is 0. The smallest absolute Gasteiger partial charge is 0.319 e. The number of hydrogen-bond acceptors (Lipinski definition) is 2. The lowest BCUT2D eigenvalue weighted by molar-refractivity contribution is 0.247. The van der Waals surface area contributed by atoms with Gasteiger partial charge in [-0.15, -0.1) is 0 Å². The van der Waals surface area contributed by atoms with E-state index in [-0.39, 0.29) is 11.0 Å². The maximum absolute atomic E-state index is 11.7. The lowest BCUT2D eigenvalue weighted by Crippen LogP contribution is -2.53. The summed E-state index contributed by atoms with van der Waals surface area (Å²) in [6, 6.07) is 6.47. The van der Waals surface area contributed by atoms with E-state index in [2.05, 4.69) is 10.6 Å². The van der Waals surface area contributed by atoms with Crippen molar-refractivity contribution in [2.24, 2.45) is 5.73 Å². The molecule has 0 saturated heterocycles. The molecule has 0 aromatic heterocycles. The molecule has 0 aliphatic rings. The molecule has 0 aliphatic heterocycles. The molecule has 0 bridgehead atoms. The average Bonchev–Trinajstić information content (AvgIpc) is 2.15. The fourth-order valence-electron chi connectivity index (χ4n) is 1.07. The van der Waals surface area contributed by atoms with E-state index in [0.717, 1.165) is 0 Å². The SMILES string of the molecule is CC(C)(NC(=O)Nc1cccc(Cl)c1)C(N)=S. The van der Waals surface area contributed by atoms with Gasteiger partial charge in [0.25, 0.3) is 0 Å². The Morgan fingerprint density at radius 3 is 2.65 bits per heavy atom. The molecule has 0 atom stereocenters. The lowest BCUT2D eigenvalue weighted by atomic mass is 10.1. The first-order chi connectivity index (χ1) is 7.81. The van der Waals surface area contributed by atoms with E-state index in [1.807, 2.05) is 0 Å². The van der Waals surface area contributed by atoms with Gasteiger partial charge < -0.3 is 16.4 Å². The zero-order valence-electron chi connectivity index (χ0n) is 9.58. The molecule has 6 heteroatoms. The topological polar surface area (TPSA) is 67.2 Å². The number of thiocarbonyl (C=S) groups is 1. The summed E-state index contributed by atoms with van der Waals surface area (Å²) in [5.41, 5.74) is 5.37. The monoisotopic (exact) mass is 271 g/mol. The maximum Gasteiger partial charge on any atom is 0.319 e. The summed E-state index contributed by atoms with van der Waals surface area (Å²) in [4.78, 5) is 11.9. The molecule has 0 heterocycles. The van der Waals surface area contributed by atoms with Gasteiger partial charge in [-0.3, -0.25) is 0 Å². The minimum absolute atomic E-state index is 0.221. The van der Waals surface area contributed by atoms with E-state index >= 15 is 0 Å². The van der Waals surface area contributed by atoms with Gasteiger partial charge in [0, 0.05) is 10.7 Å². The van der Waals surface area contributed by atoms with Gasteiger partial charge in [0.05, 0.1) is 10.5 Å². The number of hydrogen-bond donors (Lipinski definition) is 3. The number of nitrogens with one attached hydrogen (secondary N) is 2. The van der Waals surface area contributed by atoms with E-state index in [1.165, 1.54) is 0 Å². The third-order valence-corrected chi connectivity index (χ3v) is 2.87. The van der Waals surface area contributed by atoms with E-state index in [9.17, 15) is 4.79 Å². The molecule has 2 amide bonds. The van der Waals surface area contributed by atoms with Gasteiger partial charge in [0.1, 0.15) is 0 Å². The van der Waals surface area contributed by atoms with Crippen LogP contribution in [0.25, 0.3) is 0 Å². The average molecular weight is 272 g/mol. The van der Waals surface area contributed by atoms with Crippen LogP contribution in [0.5, 0.6) is 0 Å². The number of rotatable bonds is 3. The Morgan fingerprint density at radius 1 is 1.47 bits per heavy atom. The Kier molecular flexibility index (Phi) is 4.31. The molecule has 4 N–H and O–H groups in total. The van der Waals surface area contributed by atoms with E-state index in [1.54, 1.807) is 38.1 Å². The molecule has 1 rings (SSSR count). The van der Waals surface area contributed by atoms with E-state index in [4.69, 9.17) is 29.6 Å². The molecule has 0 spiro atoms. The first kappa shape index (κ1) is 13.7. The van der Waals surface area contributed by atoms with Crippen molar-refractivity contribution >= 4 is 40.5 Å². The van der Waals surface area contributed by atoms with Gasteiger partial charge in [-0.25, -0.2) is 4.79 Å². The molecular weight excluding hydrogens is 258 g/mol. The third-order valence-electron chi connectivity index (χ3n) is 2.12. The summed E-state index contributed by atoms with van der Waals surface area (Å²) in [6.45, 7) is 3.46. The zero-order valence-corrected chi connectivity index (χ0v) is 11.2. The van der Waals surface area contributed by atoms with Crippen LogP contribution in [-0.4, -0.2) is 16.6 Å². The second-order valence-corrected chi connectivity index (χ2v) is 4.95. The third kappa shape index (κ3) is 4.20. The lowest BCUT2D eigenvalue weighted by Gasteiger charge is -2.24. The van der Waals surface area contributed by atoms with Crippen molar-refractivity contribution in [3.05, 3.63) is 29.3 Å². The molecule has 0 aliphatic carbocycles. The minimum Gasteiger partial charge on any atom is -0.391 e. The number of amides is 2. The molecular formula is C11H14ClN3OS. The first-order valence-electron chi connectivity index (χ1n) is 4.96. The molecule has 0 unspecified atom stereocenters. The Labute approximate surface area is 111 Å². The largest absolute Gasteiger partial charge is 0.391 e. The number of halogens is 1. The Morgan fingerprint density at radius 2 is 2.12 bits per heavy atom. The Bertz CT molecular complexity index is 448. The highest BCUT2D eigenvalue weighted by atomic mass is 35.5. The van der Waals surface area contributed by atoms with Crippen LogP contribution in [0.15, 0.2) is 24.3 Å². The number of urea groups is 1. The van der Waals surface area contributed by atoms with Gasteiger partial charge >= 0.3 is 6.03 Å². The summed E-state index contributed by atoms with van der Waals surface area (Å²) in [6.07, 6.45) is 0. The van der Waals surface area contributed by atoms with Crippen LogP contribution < -0.4 is 16.4 Å². The van der Waals surface area contributed by atoms with E-state index in [0.29, 0.717) is 10.7 Å². The van der Waals surface area contributed by atoms with Crippen LogP contribution in [0.3, 0.4) is 0 Å². The summed E-state index contributed by atoms with van der Waals surface area (Å²) in [5.74, 6) is 0. The molecule has 1 aromatic rings. The molecule has 17 heavy (non-hydrogen) atoms. The van der Waals surface area contributed by atoms with Crippen LogP contribution in [-0.2, 0) is 0 Å². The summed E-state index contributed by atoms with van der Waals surface area (Å²) in [5, 5.41) is 5.86. The predicted octanol–water partition coefficient (Wildman–Crippen LogP) is 2.53. The number of carbonyl (C=O) groups excluding carboxylic acids is 1. The van der Waals surface area contributed by atoms with Gasteiger partial charge in [-0.1, -0.05) is 29.9 Å². The van der Waals surface area contributed by atoms with Crippen molar-refractivity contribution in [3.8, 4) is 0 Å². The van der Waals surface area contributed by atoms with Crippen LogP contribution >= 0.6 is 23.8 Å². The zero-order chi connectivity index (χ0) is 13.1. The van der Waals surface area contributed by atoms with Crippen molar-refractivity contribution in [2.75, 3.05) is 5.32 Å². The van der Waals surface area contributed by atoms with Gasteiger partial charge in [-0.05, 0) is 32.0 Å². The highest BCUT2D eigenvalue weighted by Crippen LogP contribution is 2.15. The number of nitrogens with two attached hydrogens (primary N) is 1. The van der Waals surface area contributed by atoms with Crippen molar-refractivity contribution < 1.29 is 4.79 Å². The normalized spacial score (nSPS) is 10.8. The number of anilines is 1. The maximum atomic E-state index is 11.7. The van der Waals surface area contributed by atoms with Gasteiger partial charge in [-0.2, -0.15) is 0 Å². The van der Waals surface area contributed by atoms with Crippen LogP contribution in [0.1, 0.15) is 13.8 Å². The molecule has 0 fully saturated rings. The molecule has 0 saturated carbocycles. The molecule has 1 aromatic carbocycles. The van der Waals surface area contributed by atoms with Gasteiger partial charge in [0.2, 0.25) is 0 Å². The van der Waals surface area contributed by atoms with Crippen molar-refractivity contribution in [2.45, 2.75) is 19.4 Å². The highest BCUT2D eigenvalue weighted by Gasteiger charge is 2.23. The second kappa shape index (κ2) is 5.33. The van der Waals surface area contributed by atoms with Crippen LogP contribution in [0.2, 0.25) is 5.02 Å². The quantitative estimate of drug-likeness (QED) is 0.740. The number of carbonyl (C=O) groups is 1. The molecule has 92 valence electrons. The van der Waals surface area contributed by atoms with Crippen LogP contribution in [0, 0.1) is 0 Å².